The first-order valence-electron chi connectivity index (χ1n) is 8.80. The monoisotopic (exact) mass is 413 g/mol. The Kier molecular flexibility index (Phi) is 8.01. The van der Waals surface area contributed by atoms with E-state index in [0.29, 0.717) is 28.4 Å². The molecule has 0 saturated heterocycles. The second-order valence-electron chi connectivity index (χ2n) is 5.92. The summed E-state index contributed by atoms with van der Waals surface area (Å²) in [6, 6.07) is 12.1. The average Bonchev–Trinajstić information content (AvgIpc) is 2.79. The van der Waals surface area contributed by atoms with Gasteiger partial charge in [-0.25, -0.2) is 10.3 Å². The van der Waals surface area contributed by atoms with Crippen molar-refractivity contribution < 1.29 is 33.7 Å². The number of amides is 1. The molecule has 2 N–H and O–H groups in total. The van der Waals surface area contributed by atoms with Crippen molar-refractivity contribution in [3.63, 3.8) is 0 Å². The number of rotatable bonds is 8. The van der Waals surface area contributed by atoms with Gasteiger partial charge in [-0.15, -0.1) is 0 Å². The molecule has 0 saturated carbocycles. The fraction of sp³-hybridized carbons (Fsp3) is 0.182. The molecule has 0 unspecified atom stereocenters. The predicted molar refractivity (Wildman–Crippen MR) is 110 cm³/mol. The third kappa shape index (κ3) is 5.18. The lowest BCUT2D eigenvalue weighted by Gasteiger charge is -2.14. The molecule has 0 aliphatic rings. The first-order chi connectivity index (χ1) is 14.5. The first kappa shape index (κ1) is 22.5. The van der Waals surface area contributed by atoms with E-state index in [1.807, 2.05) is 6.07 Å². The Morgan fingerprint density at radius 1 is 0.833 bits per heavy atom. The second kappa shape index (κ2) is 10.7. The molecule has 8 heteroatoms. The van der Waals surface area contributed by atoms with Crippen LogP contribution in [0.3, 0.4) is 0 Å². The molecule has 0 aliphatic heterocycles. The van der Waals surface area contributed by atoms with Crippen molar-refractivity contribution in [2.24, 2.45) is 0 Å². The molecule has 1 amide bonds. The summed E-state index contributed by atoms with van der Waals surface area (Å²) < 4.78 is 20.8. The van der Waals surface area contributed by atoms with Crippen LogP contribution in [0.5, 0.6) is 17.2 Å². The number of esters is 1. The second-order valence-corrected chi connectivity index (χ2v) is 5.92. The Morgan fingerprint density at radius 3 is 1.87 bits per heavy atom. The van der Waals surface area contributed by atoms with Crippen molar-refractivity contribution in [1.29, 1.82) is 0 Å². The van der Waals surface area contributed by atoms with E-state index in [2.05, 4.69) is 0 Å². The quantitative estimate of drug-likeness (QED) is 0.225. The summed E-state index contributed by atoms with van der Waals surface area (Å²) in [5.74, 6) is -0.526. The summed E-state index contributed by atoms with van der Waals surface area (Å²) >= 11 is 0. The normalized spacial score (nSPS) is 11.5. The minimum Gasteiger partial charge on any atom is -0.493 e. The molecule has 158 valence electrons. The van der Waals surface area contributed by atoms with Crippen LogP contribution < -0.4 is 19.7 Å². The summed E-state index contributed by atoms with van der Waals surface area (Å²) in [7, 11) is 5.60. The molecule has 0 radical (unpaired) electrons. The number of carbonyl (C=O) groups is 2. The average molecular weight is 413 g/mol. The molecule has 2 aromatic carbocycles. The van der Waals surface area contributed by atoms with E-state index in [1.54, 1.807) is 41.9 Å². The lowest BCUT2D eigenvalue weighted by molar-refractivity contribution is -0.136. The van der Waals surface area contributed by atoms with E-state index >= 15 is 0 Å². The van der Waals surface area contributed by atoms with Gasteiger partial charge in [-0.1, -0.05) is 30.3 Å². The summed E-state index contributed by atoms with van der Waals surface area (Å²) in [5, 5.41) is 9.21. The third-order valence-electron chi connectivity index (χ3n) is 4.15. The van der Waals surface area contributed by atoms with Gasteiger partial charge in [-0.3, -0.25) is 10.0 Å². The molecule has 2 aromatic rings. The largest absolute Gasteiger partial charge is 0.493 e. The minimum absolute atomic E-state index is 0.0813. The van der Waals surface area contributed by atoms with Crippen LogP contribution in [-0.4, -0.2) is 45.5 Å². The lowest BCUT2D eigenvalue weighted by Crippen LogP contribution is -2.24. The number of methoxy groups -OCH3 is 4. The van der Waals surface area contributed by atoms with E-state index in [4.69, 9.17) is 18.9 Å². The van der Waals surface area contributed by atoms with Crippen molar-refractivity contribution in [2.45, 2.75) is 0 Å². The minimum atomic E-state index is -0.872. The van der Waals surface area contributed by atoms with Crippen molar-refractivity contribution in [3.05, 3.63) is 64.7 Å². The van der Waals surface area contributed by atoms with Gasteiger partial charge in [0.2, 0.25) is 5.75 Å². The Morgan fingerprint density at radius 2 is 1.40 bits per heavy atom. The van der Waals surface area contributed by atoms with Crippen LogP contribution in [0.25, 0.3) is 12.2 Å². The molecule has 0 aromatic heterocycles. The highest BCUT2D eigenvalue weighted by Gasteiger charge is 2.22. The molecule has 0 bridgehead atoms. The zero-order chi connectivity index (χ0) is 22.1. The number of benzene rings is 2. The molecule has 0 atom stereocenters. The van der Waals surface area contributed by atoms with Crippen LogP contribution >= 0.6 is 0 Å². The fourth-order valence-electron chi connectivity index (χ4n) is 2.75. The van der Waals surface area contributed by atoms with E-state index in [0.717, 1.165) is 0 Å². The highest BCUT2D eigenvalue weighted by Crippen LogP contribution is 2.39. The number of carbonyl (C=O) groups excluding carboxylic acids is 2. The summed E-state index contributed by atoms with van der Waals surface area (Å²) in [6.07, 6.45) is 2.90. The smallest absolute Gasteiger partial charge is 0.338 e. The maximum absolute atomic E-state index is 12.5. The summed E-state index contributed by atoms with van der Waals surface area (Å²) in [4.78, 5) is 24.9. The van der Waals surface area contributed by atoms with Gasteiger partial charge in [0, 0.05) is 0 Å². The molecule has 8 nitrogen and oxygen atoms in total. The van der Waals surface area contributed by atoms with Crippen molar-refractivity contribution in [2.75, 3.05) is 28.4 Å². The summed E-state index contributed by atoms with van der Waals surface area (Å²) in [6.45, 7) is 0. The summed E-state index contributed by atoms with van der Waals surface area (Å²) in [5.41, 5.74) is 2.52. The van der Waals surface area contributed by atoms with Crippen LogP contribution in [0, 0.1) is 0 Å². The predicted octanol–water partition coefficient (Wildman–Crippen LogP) is 2.86. The zero-order valence-electron chi connectivity index (χ0n) is 17.1. The van der Waals surface area contributed by atoms with Crippen LogP contribution in [0.2, 0.25) is 0 Å². The zero-order valence-corrected chi connectivity index (χ0v) is 17.1. The number of hydroxylamine groups is 1. The number of hydrogen-bond donors (Lipinski definition) is 2. The Hall–Kier alpha value is -3.78. The number of nitrogens with one attached hydrogen (secondary N) is 1. The van der Waals surface area contributed by atoms with Gasteiger partial charge in [-0.05, 0) is 35.4 Å². The van der Waals surface area contributed by atoms with Gasteiger partial charge in [0.25, 0.3) is 5.91 Å². The van der Waals surface area contributed by atoms with E-state index in [-0.39, 0.29) is 11.1 Å². The van der Waals surface area contributed by atoms with Gasteiger partial charge in [-0.2, -0.15) is 0 Å². The topological polar surface area (TPSA) is 103 Å². The first-order valence-corrected chi connectivity index (χ1v) is 8.80. The van der Waals surface area contributed by atoms with E-state index in [9.17, 15) is 14.8 Å². The Labute approximate surface area is 174 Å². The van der Waals surface area contributed by atoms with Crippen LogP contribution in [-0.2, 0) is 14.3 Å². The van der Waals surface area contributed by atoms with Gasteiger partial charge in [0.05, 0.1) is 39.6 Å². The molecule has 30 heavy (non-hydrogen) atoms. The molecular weight excluding hydrogens is 390 g/mol. The molecule has 2 rings (SSSR count). The van der Waals surface area contributed by atoms with Gasteiger partial charge in [0.1, 0.15) is 0 Å². The molecular formula is C22H23NO7. The van der Waals surface area contributed by atoms with Gasteiger partial charge < -0.3 is 18.9 Å². The van der Waals surface area contributed by atoms with Crippen LogP contribution in [0.1, 0.15) is 11.1 Å². The lowest BCUT2D eigenvalue weighted by atomic mass is 9.99. The Balaban J connectivity index is 2.71. The highest BCUT2D eigenvalue weighted by atomic mass is 16.5. The van der Waals surface area contributed by atoms with Crippen molar-refractivity contribution in [1.82, 2.24) is 5.48 Å². The maximum atomic E-state index is 12.5. The van der Waals surface area contributed by atoms with Gasteiger partial charge in [0.15, 0.2) is 11.5 Å². The Bertz CT molecular complexity index is 940. The van der Waals surface area contributed by atoms with E-state index < -0.39 is 11.9 Å². The molecule has 0 fully saturated rings. The number of ether oxygens (including phenoxy) is 4. The third-order valence-corrected chi connectivity index (χ3v) is 4.15. The van der Waals surface area contributed by atoms with Gasteiger partial charge >= 0.3 is 5.97 Å². The van der Waals surface area contributed by atoms with Crippen LogP contribution in [0.4, 0.5) is 0 Å². The standard InChI is InChI=1S/C22H23NO7/c1-27-18-12-15(13-19(28-2)20(18)29-3)11-17(22(25)30-4)16(21(24)23-26)10-14-8-6-5-7-9-14/h5-13,26H,1-4H3,(H,23,24). The van der Waals surface area contributed by atoms with Crippen molar-refractivity contribution >= 4 is 24.0 Å². The molecule has 0 heterocycles. The highest BCUT2D eigenvalue weighted by molar-refractivity contribution is 6.14. The maximum Gasteiger partial charge on any atom is 0.338 e. The molecule has 0 spiro atoms. The molecule has 0 aliphatic carbocycles. The van der Waals surface area contributed by atoms with Crippen LogP contribution in [0.15, 0.2) is 53.6 Å². The van der Waals surface area contributed by atoms with Crippen molar-refractivity contribution in [3.8, 4) is 17.2 Å². The number of hydrogen-bond acceptors (Lipinski definition) is 7. The fourth-order valence-corrected chi connectivity index (χ4v) is 2.75. The van der Waals surface area contributed by atoms with E-state index in [1.165, 1.54) is 40.6 Å². The SMILES string of the molecule is COC(=O)C(=Cc1cc(OC)c(OC)c(OC)c1)C(=Cc1ccccc1)C(=O)NO.